The fourth-order valence-corrected chi connectivity index (χ4v) is 2.21. The molecule has 0 saturated carbocycles. The van der Waals surface area contributed by atoms with Crippen molar-refractivity contribution in [1.82, 2.24) is 9.55 Å². The molecule has 1 heterocycles. The lowest BCUT2D eigenvalue weighted by atomic mass is 10.3. The van der Waals surface area contributed by atoms with Gasteiger partial charge in [0.25, 0.3) is 0 Å². The molecule has 0 spiro atoms. The van der Waals surface area contributed by atoms with E-state index in [0.717, 1.165) is 11.3 Å². The van der Waals surface area contributed by atoms with Crippen molar-refractivity contribution in [2.24, 2.45) is 0 Å². The number of hydrogen-bond donors (Lipinski definition) is 0. The summed E-state index contributed by atoms with van der Waals surface area (Å²) >= 11 is 5.78. The number of imidazole rings is 1. The van der Waals surface area contributed by atoms with Crippen LogP contribution in [0.15, 0.2) is 12.1 Å². The van der Waals surface area contributed by atoms with Crippen molar-refractivity contribution in [1.29, 1.82) is 0 Å². The van der Waals surface area contributed by atoms with Crippen molar-refractivity contribution in [2.45, 2.75) is 13.0 Å². The standard InChI is InChI=1S/C13H16ClFN2O2/c1-18-6-5-17-11-8-12(19-2)9(15)7-10(11)16-13(17)3-4-14/h7-8H,3-6H2,1-2H3. The summed E-state index contributed by atoms with van der Waals surface area (Å²) in [5.74, 6) is 1.10. The summed E-state index contributed by atoms with van der Waals surface area (Å²) < 4.78 is 25.8. The molecule has 4 nitrogen and oxygen atoms in total. The van der Waals surface area contributed by atoms with Gasteiger partial charge in [-0.15, -0.1) is 11.6 Å². The zero-order valence-electron chi connectivity index (χ0n) is 10.9. The number of ether oxygens (including phenoxy) is 2. The van der Waals surface area contributed by atoms with Gasteiger partial charge in [0.2, 0.25) is 0 Å². The van der Waals surface area contributed by atoms with Crippen LogP contribution in [-0.2, 0) is 17.7 Å². The van der Waals surface area contributed by atoms with Crippen LogP contribution in [0.4, 0.5) is 4.39 Å². The molecule has 0 saturated heterocycles. The Labute approximate surface area is 116 Å². The van der Waals surface area contributed by atoms with Crippen LogP contribution in [0.1, 0.15) is 5.82 Å². The van der Waals surface area contributed by atoms with Gasteiger partial charge in [-0.05, 0) is 0 Å². The minimum Gasteiger partial charge on any atom is -0.494 e. The largest absolute Gasteiger partial charge is 0.494 e. The van der Waals surface area contributed by atoms with Gasteiger partial charge in [0.15, 0.2) is 11.6 Å². The third-order valence-electron chi connectivity index (χ3n) is 2.94. The van der Waals surface area contributed by atoms with E-state index in [-0.39, 0.29) is 5.75 Å². The third-order valence-corrected chi connectivity index (χ3v) is 3.13. The Morgan fingerprint density at radius 1 is 1.37 bits per heavy atom. The molecule has 2 rings (SSSR count). The van der Waals surface area contributed by atoms with Gasteiger partial charge in [-0.2, -0.15) is 0 Å². The van der Waals surface area contributed by atoms with Crippen LogP contribution >= 0.6 is 11.6 Å². The van der Waals surface area contributed by atoms with Crippen molar-refractivity contribution in [3.8, 4) is 5.75 Å². The van der Waals surface area contributed by atoms with Gasteiger partial charge in [0.05, 0.1) is 24.8 Å². The molecule has 19 heavy (non-hydrogen) atoms. The SMILES string of the molecule is COCCn1c(CCCl)nc2cc(F)c(OC)cc21. The van der Waals surface area contributed by atoms with Crippen molar-refractivity contribution in [3.63, 3.8) is 0 Å². The number of benzene rings is 1. The minimum atomic E-state index is -0.413. The highest BCUT2D eigenvalue weighted by Crippen LogP contribution is 2.25. The van der Waals surface area contributed by atoms with Crippen LogP contribution in [0, 0.1) is 5.82 Å². The average molecular weight is 287 g/mol. The maximum absolute atomic E-state index is 13.7. The Bertz CT molecular complexity index is 571. The van der Waals surface area contributed by atoms with Crippen molar-refractivity contribution in [2.75, 3.05) is 26.7 Å². The molecule has 0 aliphatic rings. The van der Waals surface area contributed by atoms with Gasteiger partial charge in [0.1, 0.15) is 5.82 Å². The zero-order chi connectivity index (χ0) is 13.8. The highest BCUT2D eigenvalue weighted by Gasteiger charge is 2.14. The first kappa shape index (κ1) is 14.1. The van der Waals surface area contributed by atoms with E-state index >= 15 is 0 Å². The second-order valence-electron chi connectivity index (χ2n) is 4.09. The monoisotopic (exact) mass is 286 g/mol. The molecular weight excluding hydrogens is 271 g/mol. The Kier molecular flexibility index (Phi) is 4.61. The Morgan fingerprint density at radius 3 is 2.79 bits per heavy atom. The average Bonchev–Trinajstić information content (AvgIpc) is 2.72. The van der Waals surface area contributed by atoms with Gasteiger partial charge in [-0.3, -0.25) is 0 Å². The van der Waals surface area contributed by atoms with Crippen LogP contribution in [0.25, 0.3) is 11.0 Å². The van der Waals surface area contributed by atoms with Crippen LogP contribution < -0.4 is 4.74 Å². The molecular formula is C13H16ClFN2O2. The molecule has 0 N–H and O–H groups in total. The summed E-state index contributed by atoms with van der Waals surface area (Å²) in [6, 6.07) is 3.04. The van der Waals surface area contributed by atoms with Gasteiger partial charge in [0, 0.05) is 38.1 Å². The van der Waals surface area contributed by atoms with E-state index in [9.17, 15) is 4.39 Å². The summed E-state index contributed by atoms with van der Waals surface area (Å²) in [5, 5.41) is 0. The van der Waals surface area contributed by atoms with Crippen LogP contribution in [0.5, 0.6) is 5.75 Å². The highest BCUT2D eigenvalue weighted by molar-refractivity contribution is 6.17. The van der Waals surface area contributed by atoms with Crippen molar-refractivity contribution in [3.05, 3.63) is 23.8 Å². The number of aryl methyl sites for hydroxylation is 1. The van der Waals surface area contributed by atoms with Crippen LogP contribution in [0.2, 0.25) is 0 Å². The lowest BCUT2D eigenvalue weighted by Crippen LogP contribution is -2.09. The number of rotatable bonds is 6. The molecule has 0 radical (unpaired) electrons. The van der Waals surface area contributed by atoms with Crippen LogP contribution in [0.3, 0.4) is 0 Å². The van der Waals surface area contributed by atoms with E-state index in [4.69, 9.17) is 21.1 Å². The molecule has 1 aromatic carbocycles. The first-order valence-corrected chi connectivity index (χ1v) is 6.52. The van der Waals surface area contributed by atoms with E-state index in [2.05, 4.69) is 4.98 Å². The summed E-state index contributed by atoms with van der Waals surface area (Å²) in [6.45, 7) is 1.20. The lowest BCUT2D eigenvalue weighted by Gasteiger charge is -2.08. The number of aromatic nitrogens is 2. The van der Waals surface area contributed by atoms with Gasteiger partial charge in [-0.25, -0.2) is 9.37 Å². The second kappa shape index (κ2) is 6.21. The molecule has 104 valence electrons. The molecule has 0 unspecified atom stereocenters. The van der Waals surface area contributed by atoms with E-state index in [1.807, 2.05) is 4.57 Å². The molecule has 1 aromatic heterocycles. The maximum Gasteiger partial charge on any atom is 0.167 e. The molecule has 0 amide bonds. The Balaban J connectivity index is 2.54. The van der Waals surface area contributed by atoms with Gasteiger partial charge in [-0.1, -0.05) is 0 Å². The third kappa shape index (κ3) is 2.82. The van der Waals surface area contributed by atoms with Gasteiger partial charge >= 0.3 is 0 Å². The van der Waals surface area contributed by atoms with E-state index in [0.29, 0.717) is 31.0 Å². The normalized spacial score (nSPS) is 11.2. The first-order valence-electron chi connectivity index (χ1n) is 5.98. The smallest absolute Gasteiger partial charge is 0.167 e. The molecule has 0 aliphatic heterocycles. The summed E-state index contributed by atoms with van der Waals surface area (Å²) in [4.78, 5) is 4.42. The highest BCUT2D eigenvalue weighted by atomic mass is 35.5. The summed E-state index contributed by atoms with van der Waals surface area (Å²) in [5.41, 5.74) is 1.44. The van der Waals surface area contributed by atoms with Crippen molar-refractivity contribution >= 4 is 22.6 Å². The number of alkyl halides is 1. The molecule has 0 atom stereocenters. The zero-order valence-corrected chi connectivity index (χ0v) is 11.7. The van der Waals surface area contributed by atoms with E-state index in [1.54, 1.807) is 13.2 Å². The molecule has 6 heteroatoms. The topological polar surface area (TPSA) is 36.3 Å². The molecule has 2 aromatic rings. The quantitative estimate of drug-likeness (QED) is 0.766. The fraction of sp³-hybridized carbons (Fsp3) is 0.462. The Hall–Kier alpha value is -1.33. The van der Waals surface area contributed by atoms with E-state index < -0.39 is 5.82 Å². The second-order valence-corrected chi connectivity index (χ2v) is 4.46. The fourth-order valence-electron chi connectivity index (χ4n) is 2.04. The molecule has 0 bridgehead atoms. The minimum absolute atomic E-state index is 0.212. The lowest BCUT2D eigenvalue weighted by molar-refractivity contribution is 0.187. The maximum atomic E-state index is 13.7. The van der Waals surface area contributed by atoms with Crippen LogP contribution in [-0.4, -0.2) is 36.3 Å². The van der Waals surface area contributed by atoms with Crippen molar-refractivity contribution < 1.29 is 13.9 Å². The predicted octanol–water partition coefficient (Wildman–Crippen LogP) is 2.61. The molecule has 0 aliphatic carbocycles. The number of methoxy groups -OCH3 is 2. The summed E-state index contributed by atoms with van der Waals surface area (Å²) in [6.07, 6.45) is 0.629. The molecule has 0 fully saturated rings. The summed E-state index contributed by atoms with van der Waals surface area (Å²) in [7, 11) is 3.08. The van der Waals surface area contributed by atoms with Gasteiger partial charge < -0.3 is 14.0 Å². The number of hydrogen-bond acceptors (Lipinski definition) is 3. The number of fused-ring (bicyclic) bond motifs is 1. The predicted molar refractivity (Wildman–Crippen MR) is 72.5 cm³/mol. The number of nitrogens with zero attached hydrogens (tertiary/aromatic N) is 2. The Morgan fingerprint density at radius 2 is 2.16 bits per heavy atom. The first-order chi connectivity index (χ1) is 9.21. The number of halogens is 2. The van der Waals surface area contributed by atoms with E-state index in [1.165, 1.54) is 13.2 Å².